The smallest absolute Gasteiger partial charge is 0.290 e. The van der Waals surface area contributed by atoms with E-state index in [2.05, 4.69) is 25.1 Å². The number of imidazole rings is 1. The molecule has 0 amide bonds. The second-order valence-electron chi connectivity index (χ2n) is 3.68. The Bertz CT molecular complexity index is 728. The highest BCUT2D eigenvalue weighted by Gasteiger charge is 2.10. The van der Waals surface area contributed by atoms with Crippen LogP contribution in [0.5, 0.6) is 0 Å². The van der Waals surface area contributed by atoms with E-state index in [1.54, 1.807) is 19.3 Å². The summed E-state index contributed by atoms with van der Waals surface area (Å²) in [6, 6.07) is 3.66. The molecule has 0 bridgehead atoms. The van der Waals surface area contributed by atoms with Gasteiger partial charge >= 0.3 is 0 Å². The molecule has 6 heteroatoms. The number of aromatic amines is 2. The van der Waals surface area contributed by atoms with Crippen LogP contribution in [0.3, 0.4) is 0 Å². The van der Waals surface area contributed by atoms with E-state index >= 15 is 0 Å². The fraction of sp³-hybridized carbons (Fsp3) is 0.0909. The maximum atomic E-state index is 11.6. The van der Waals surface area contributed by atoms with Gasteiger partial charge < -0.3 is 4.98 Å². The number of hydrogen-bond donors (Lipinski definition) is 2. The third-order valence-corrected chi connectivity index (χ3v) is 2.55. The molecule has 0 fully saturated rings. The number of rotatable bonds is 1. The van der Waals surface area contributed by atoms with Gasteiger partial charge in [0.1, 0.15) is 16.9 Å². The molecular weight excluding hydrogens is 218 g/mol. The number of aromatic nitrogens is 5. The number of aryl methyl sites for hydroxylation is 1. The minimum absolute atomic E-state index is 0.265. The molecule has 6 nitrogen and oxygen atoms in total. The molecule has 0 atom stereocenters. The third-order valence-electron chi connectivity index (χ3n) is 2.55. The Hall–Kier alpha value is -2.50. The molecule has 0 aliphatic heterocycles. The molecule has 17 heavy (non-hydrogen) atoms. The van der Waals surface area contributed by atoms with E-state index in [0.29, 0.717) is 22.6 Å². The summed E-state index contributed by atoms with van der Waals surface area (Å²) < 4.78 is 0. The fourth-order valence-corrected chi connectivity index (χ4v) is 1.69. The van der Waals surface area contributed by atoms with Crippen molar-refractivity contribution in [2.75, 3.05) is 0 Å². The van der Waals surface area contributed by atoms with Crippen molar-refractivity contribution in [3.8, 4) is 11.4 Å². The number of hydrogen-bond acceptors (Lipinski definition) is 4. The second-order valence-corrected chi connectivity index (χ2v) is 3.68. The van der Waals surface area contributed by atoms with Gasteiger partial charge in [-0.15, -0.1) is 0 Å². The largest absolute Gasteiger partial charge is 0.333 e. The minimum atomic E-state index is -0.265. The van der Waals surface area contributed by atoms with E-state index in [0.717, 1.165) is 5.56 Å². The SMILES string of the molecule is Cc1n[nH]c(=O)c2[nH]c(-c3ccncc3)nc12. The Kier molecular flexibility index (Phi) is 2.01. The van der Waals surface area contributed by atoms with Gasteiger partial charge in [-0.1, -0.05) is 0 Å². The Labute approximate surface area is 95.8 Å². The highest BCUT2D eigenvalue weighted by Crippen LogP contribution is 2.18. The number of fused-ring (bicyclic) bond motifs is 1. The highest BCUT2D eigenvalue weighted by atomic mass is 16.1. The number of nitrogens with zero attached hydrogens (tertiary/aromatic N) is 3. The van der Waals surface area contributed by atoms with Crippen molar-refractivity contribution in [1.29, 1.82) is 0 Å². The lowest BCUT2D eigenvalue weighted by atomic mass is 10.2. The molecule has 0 aromatic carbocycles. The fourth-order valence-electron chi connectivity index (χ4n) is 1.69. The van der Waals surface area contributed by atoms with E-state index in [4.69, 9.17) is 0 Å². The van der Waals surface area contributed by atoms with E-state index < -0.39 is 0 Å². The standard InChI is InChI=1S/C11H9N5O/c1-6-8-9(11(17)16-15-6)14-10(13-8)7-2-4-12-5-3-7/h2-5H,1H3,(H,13,14)(H,16,17). The average molecular weight is 227 g/mol. The summed E-state index contributed by atoms with van der Waals surface area (Å²) in [7, 11) is 0. The quantitative estimate of drug-likeness (QED) is 0.649. The van der Waals surface area contributed by atoms with Crippen molar-refractivity contribution in [2.24, 2.45) is 0 Å². The van der Waals surface area contributed by atoms with E-state index in [1.165, 1.54) is 0 Å². The van der Waals surface area contributed by atoms with Crippen LogP contribution in [0.2, 0.25) is 0 Å². The Morgan fingerprint density at radius 3 is 2.71 bits per heavy atom. The van der Waals surface area contributed by atoms with Crippen molar-refractivity contribution >= 4 is 11.0 Å². The predicted octanol–water partition coefficient (Wildman–Crippen LogP) is 1.02. The molecule has 3 rings (SSSR count). The summed E-state index contributed by atoms with van der Waals surface area (Å²) in [5.41, 5.74) is 2.36. The maximum Gasteiger partial charge on any atom is 0.290 e. The van der Waals surface area contributed by atoms with Gasteiger partial charge in [0.15, 0.2) is 0 Å². The number of nitrogens with one attached hydrogen (secondary N) is 2. The molecule has 0 aliphatic rings. The van der Waals surface area contributed by atoms with Gasteiger partial charge in [-0.25, -0.2) is 10.1 Å². The first kappa shape index (κ1) is 9.71. The lowest BCUT2D eigenvalue weighted by Gasteiger charge is -1.92. The predicted molar refractivity (Wildman–Crippen MR) is 62.5 cm³/mol. The lowest BCUT2D eigenvalue weighted by Crippen LogP contribution is -2.09. The number of pyridine rings is 1. The van der Waals surface area contributed by atoms with Crippen molar-refractivity contribution in [3.05, 3.63) is 40.6 Å². The summed E-state index contributed by atoms with van der Waals surface area (Å²) in [5, 5.41) is 6.30. The van der Waals surface area contributed by atoms with Crippen molar-refractivity contribution in [3.63, 3.8) is 0 Å². The minimum Gasteiger partial charge on any atom is -0.333 e. The van der Waals surface area contributed by atoms with Crippen molar-refractivity contribution < 1.29 is 0 Å². The van der Waals surface area contributed by atoms with Gasteiger partial charge in [0.05, 0.1) is 5.69 Å². The monoisotopic (exact) mass is 227 g/mol. The molecule has 84 valence electrons. The van der Waals surface area contributed by atoms with Crippen LogP contribution in [0.25, 0.3) is 22.4 Å². The molecule has 0 unspecified atom stereocenters. The first-order valence-electron chi connectivity index (χ1n) is 5.11. The van der Waals surface area contributed by atoms with Crippen LogP contribution < -0.4 is 5.56 Å². The Morgan fingerprint density at radius 2 is 2.00 bits per heavy atom. The maximum absolute atomic E-state index is 11.6. The van der Waals surface area contributed by atoms with Crippen LogP contribution >= 0.6 is 0 Å². The molecule has 2 N–H and O–H groups in total. The topological polar surface area (TPSA) is 87.3 Å². The van der Waals surface area contributed by atoms with Crippen LogP contribution in [0.4, 0.5) is 0 Å². The van der Waals surface area contributed by atoms with E-state index in [1.807, 2.05) is 12.1 Å². The number of H-pyrrole nitrogens is 2. The summed E-state index contributed by atoms with van der Waals surface area (Å²) in [4.78, 5) is 22.9. The van der Waals surface area contributed by atoms with Gasteiger partial charge in [-0.3, -0.25) is 9.78 Å². The van der Waals surface area contributed by atoms with Crippen molar-refractivity contribution in [2.45, 2.75) is 6.92 Å². The van der Waals surface area contributed by atoms with Gasteiger partial charge in [0.25, 0.3) is 5.56 Å². The molecule has 0 saturated carbocycles. The Balaban J connectivity index is 2.31. The van der Waals surface area contributed by atoms with Gasteiger partial charge in [-0.2, -0.15) is 5.10 Å². The van der Waals surface area contributed by atoms with E-state index in [-0.39, 0.29) is 5.56 Å². The second kappa shape index (κ2) is 3.51. The highest BCUT2D eigenvalue weighted by molar-refractivity contribution is 5.79. The van der Waals surface area contributed by atoms with Crippen molar-refractivity contribution in [1.82, 2.24) is 25.1 Å². The molecule has 3 aromatic rings. The zero-order chi connectivity index (χ0) is 11.8. The molecular formula is C11H9N5O. The van der Waals surface area contributed by atoms with E-state index in [9.17, 15) is 4.79 Å². The lowest BCUT2D eigenvalue weighted by molar-refractivity contribution is 0.965. The van der Waals surface area contributed by atoms with Crippen LogP contribution in [-0.2, 0) is 0 Å². The first-order valence-corrected chi connectivity index (χ1v) is 5.11. The molecule has 3 aromatic heterocycles. The normalized spacial score (nSPS) is 10.9. The van der Waals surface area contributed by atoms with Gasteiger partial charge in [-0.05, 0) is 19.1 Å². The average Bonchev–Trinajstić information content (AvgIpc) is 2.81. The molecule has 0 aliphatic carbocycles. The summed E-state index contributed by atoms with van der Waals surface area (Å²) in [5.74, 6) is 0.643. The van der Waals surface area contributed by atoms with Gasteiger partial charge in [0, 0.05) is 18.0 Å². The van der Waals surface area contributed by atoms with Crippen LogP contribution in [-0.4, -0.2) is 25.1 Å². The molecule has 3 heterocycles. The van der Waals surface area contributed by atoms with Gasteiger partial charge in [0.2, 0.25) is 0 Å². The zero-order valence-electron chi connectivity index (χ0n) is 9.06. The van der Waals surface area contributed by atoms with Crippen LogP contribution in [0.1, 0.15) is 5.69 Å². The molecule has 0 saturated heterocycles. The summed E-state index contributed by atoms with van der Waals surface area (Å²) in [6.45, 7) is 1.80. The molecule has 0 spiro atoms. The third kappa shape index (κ3) is 1.50. The zero-order valence-corrected chi connectivity index (χ0v) is 9.06. The van der Waals surface area contributed by atoms with Crippen LogP contribution in [0, 0.1) is 6.92 Å². The first-order chi connectivity index (χ1) is 8.25. The van der Waals surface area contributed by atoms with Crippen LogP contribution in [0.15, 0.2) is 29.3 Å². The summed E-state index contributed by atoms with van der Waals surface area (Å²) in [6.07, 6.45) is 3.36. The Morgan fingerprint density at radius 1 is 1.24 bits per heavy atom. The molecule has 0 radical (unpaired) electrons. The summed E-state index contributed by atoms with van der Waals surface area (Å²) >= 11 is 0.